The average Bonchev–Trinajstić information content (AvgIpc) is 3.03. The summed E-state index contributed by atoms with van der Waals surface area (Å²) in [6, 6.07) is 18.1. The van der Waals surface area contributed by atoms with E-state index in [-0.39, 0.29) is 0 Å². The molecule has 4 nitrogen and oxygen atoms in total. The Bertz CT molecular complexity index is 846. The number of carbonyl (C=O) groups excluding carboxylic acids is 1. The van der Waals surface area contributed by atoms with E-state index >= 15 is 0 Å². The summed E-state index contributed by atoms with van der Waals surface area (Å²) in [6.07, 6.45) is 4.55. The fourth-order valence-electron chi connectivity index (χ4n) is 2.47. The molecular weight excluding hydrogens is 298 g/mol. The third-order valence-corrected chi connectivity index (χ3v) is 3.88. The zero-order chi connectivity index (χ0) is 16.9. The number of nitrogens with zero attached hydrogens (tertiary/aromatic N) is 3. The molecule has 0 radical (unpaired) electrons. The van der Waals surface area contributed by atoms with Crippen LogP contribution in [0, 0.1) is 0 Å². The Kier molecular flexibility index (Phi) is 4.66. The molecule has 4 heteroatoms. The summed E-state index contributed by atoms with van der Waals surface area (Å²) in [6.45, 7) is 4.31. The number of benzene rings is 2. The van der Waals surface area contributed by atoms with Crippen LogP contribution in [-0.4, -0.2) is 21.3 Å². The van der Waals surface area contributed by atoms with Crippen molar-refractivity contribution in [1.29, 1.82) is 0 Å². The van der Waals surface area contributed by atoms with Gasteiger partial charge in [0.15, 0.2) is 12.0 Å². The second-order valence-electron chi connectivity index (χ2n) is 5.88. The third-order valence-electron chi connectivity index (χ3n) is 3.88. The van der Waals surface area contributed by atoms with E-state index in [4.69, 9.17) is 0 Å². The van der Waals surface area contributed by atoms with Crippen molar-refractivity contribution in [3.05, 3.63) is 77.1 Å². The van der Waals surface area contributed by atoms with E-state index in [0.29, 0.717) is 17.3 Å². The highest BCUT2D eigenvalue weighted by molar-refractivity contribution is 5.81. The summed E-state index contributed by atoms with van der Waals surface area (Å²) in [4.78, 5) is 11.3. The van der Waals surface area contributed by atoms with Gasteiger partial charge >= 0.3 is 0 Å². The molecule has 0 N–H and O–H groups in total. The number of hydrogen-bond donors (Lipinski definition) is 0. The van der Waals surface area contributed by atoms with E-state index in [9.17, 15) is 4.79 Å². The van der Waals surface area contributed by atoms with Gasteiger partial charge in [-0.2, -0.15) is 0 Å². The molecule has 120 valence electrons. The first-order valence-corrected chi connectivity index (χ1v) is 7.93. The Morgan fingerprint density at radius 1 is 0.958 bits per heavy atom. The number of aldehydes is 1. The minimum Gasteiger partial charge on any atom is -0.296 e. The molecule has 3 rings (SSSR count). The van der Waals surface area contributed by atoms with E-state index in [0.717, 1.165) is 17.5 Å². The van der Waals surface area contributed by atoms with Crippen molar-refractivity contribution in [2.24, 2.45) is 0 Å². The van der Waals surface area contributed by atoms with E-state index < -0.39 is 0 Å². The van der Waals surface area contributed by atoms with Crippen LogP contribution in [-0.2, 0) is 0 Å². The number of aromatic nitrogens is 3. The largest absolute Gasteiger partial charge is 0.296 e. The van der Waals surface area contributed by atoms with Gasteiger partial charge in [-0.15, -0.1) is 5.10 Å². The van der Waals surface area contributed by atoms with Crippen molar-refractivity contribution in [2.75, 3.05) is 0 Å². The van der Waals surface area contributed by atoms with Gasteiger partial charge in [-0.1, -0.05) is 67.6 Å². The Morgan fingerprint density at radius 2 is 1.67 bits per heavy atom. The van der Waals surface area contributed by atoms with Crippen LogP contribution in [0.15, 0.2) is 54.6 Å². The van der Waals surface area contributed by atoms with Crippen LogP contribution in [0.5, 0.6) is 0 Å². The van der Waals surface area contributed by atoms with Crippen LogP contribution in [0.3, 0.4) is 0 Å². The molecule has 0 aliphatic heterocycles. The predicted molar refractivity (Wildman–Crippen MR) is 96.2 cm³/mol. The average molecular weight is 317 g/mol. The molecule has 0 saturated carbocycles. The molecule has 1 aromatic heterocycles. The van der Waals surface area contributed by atoms with Gasteiger partial charge in [-0.05, 0) is 35.3 Å². The van der Waals surface area contributed by atoms with Crippen molar-refractivity contribution >= 4 is 18.4 Å². The molecule has 0 amide bonds. The highest BCUT2D eigenvalue weighted by Crippen LogP contribution is 2.19. The van der Waals surface area contributed by atoms with E-state index in [2.05, 4.69) is 36.3 Å². The summed E-state index contributed by atoms with van der Waals surface area (Å²) in [5, 5.41) is 8.10. The summed E-state index contributed by atoms with van der Waals surface area (Å²) >= 11 is 0. The number of rotatable bonds is 5. The summed E-state index contributed by atoms with van der Waals surface area (Å²) in [5.41, 5.74) is 4.20. The molecule has 0 bridgehead atoms. The highest BCUT2D eigenvalue weighted by atomic mass is 16.1. The van der Waals surface area contributed by atoms with Gasteiger partial charge in [0, 0.05) is 0 Å². The second kappa shape index (κ2) is 7.04. The lowest BCUT2D eigenvalue weighted by Crippen LogP contribution is -2.00. The maximum atomic E-state index is 11.3. The van der Waals surface area contributed by atoms with Gasteiger partial charge in [0.25, 0.3) is 0 Å². The minimum atomic E-state index is 0.329. The topological polar surface area (TPSA) is 47.8 Å². The monoisotopic (exact) mass is 317 g/mol. The van der Waals surface area contributed by atoms with Gasteiger partial charge in [0.2, 0.25) is 0 Å². The van der Waals surface area contributed by atoms with Crippen LogP contribution in [0.25, 0.3) is 17.8 Å². The maximum Gasteiger partial charge on any atom is 0.172 e. The van der Waals surface area contributed by atoms with Crippen molar-refractivity contribution in [3.63, 3.8) is 0 Å². The molecule has 2 aromatic carbocycles. The first kappa shape index (κ1) is 15.9. The smallest absolute Gasteiger partial charge is 0.172 e. The van der Waals surface area contributed by atoms with Crippen LogP contribution in [0.2, 0.25) is 0 Å². The Hall–Kier alpha value is -3.01. The lowest BCUT2D eigenvalue weighted by Gasteiger charge is -2.08. The lowest BCUT2D eigenvalue weighted by atomic mass is 10.0. The van der Waals surface area contributed by atoms with Crippen molar-refractivity contribution in [3.8, 4) is 5.69 Å². The molecule has 0 aliphatic carbocycles. The molecule has 3 aromatic rings. The van der Waals surface area contributed by atoms with Crippen molar-refractivity contribution in [2.45, 2.75) is 19.8 Å². The van der Waals surface area contributed by atoms with E-state index in [1.165, 1.54) is 5.56 Å². The number of hydrogen-bond acceptors (Lipinski definition) is 3. The van der Waals surface area contributed by atoms with Gasteiger partial charge in [0.05, 0.1) is 11.4 Å². The maximum absolute atomic E-state index is 11.3. The standard InChI is InChI=1S/C20H19N3O/c1-15(2)17-9-11-18(12-10-17)23-20(19(14-24)21-22-23)13-8-16-6-4-3-5-7-16/h3-15H,1-2H3/b13-8+. The summed E-state index contributed by atoms with van der Waals surface area (Å²) in [7, 11) is 0. The van der Waals surface area contributed by atoms with Crippen LogP contribution >= 0.6 is 0 Å². The van der Waals surface area contributed by atoms with Crippen LogP contribution < -0.4 is 0 Å². The fraction of sp³-hybridized carbons (Fsp3) is 0.150. The zero-order valence-corrected chi connectivity index (χ0v) is 13.8. The molecule has 0 fully saturated rings. The fourth-order valence-corrected chi connectivity index (χ4v) is 2.47. The molecule has 0 atom stereocenters. The van der Waals surface area contributed by atoms with Gasteiger partial charge < -0.3 is 0 Å². The van der Waals surface area contributed by atoms with Crippen LogP contribution in [0.1, 0.15) is 47.1 Å². The van der Waals surface area contributed by atoms with E-state index in [1.54, 1.807) is 4.68 Å². The van der Waals surface area contributed by atoms with E-state index in [1.807, 2.05) is 54.6 Å². The van der Waals surface area contributed by atoms with Gasteiger partial charge in [-0.3, -0.25) is 4.79 Å². The molecule has 0 unspecified atom stereocenters. The first-order valence-electron chi connectivity index (χ1n) is 7.93. The highest BCUT2D eigenvalue weighted by Gasteiger charge is 2.11. The quantitative estimate of drug-likeness (QED) is 0.656. The Balaban J connectivity index is 1.98. The molecule has 24 heavy (non-hydrogen) atoms. The first-order chi connectivity index (χ1) is 11.7. The van der Waals surface area contributed by atoms with Gasteiger partial charge in [0.1, 0.15) is 0 Å². The number of carbonyl (C=O) groups is 1. The Morgan fingerprint density at radius 3 is 2.29 bits per heavy atom. The second-order valence-corrected chi connectivity index (χ2v) is 5.88. The van der Waals surface area contributed by atoms with Crippen molar-refractivity contribution < 1.29 is 4.79 Å². The van der Waals surface area contributed by atoms with Gasteiger partial charge in [-0.25, -0.2) is 4.68 Å². The molecule has 0 saturated heterocycles. The molecular formula is C20H19N3O. The molecule has 0 spiro atoms. The van der Waals surface area contributed by atoms with Crippen LogP contribution in [0.4, 0.5) is 0 Å². The summed E-state index contributed by atoms with van der Waals surface area (Å²) in [5.74, 6) is 0.470. The SMILES string of the molecule is CC(C)c1ccc(-n2nnc(C=O)c2/C=C/c2ccccc2)cc1. The normalized spacial score (nSPS) is 11.3. The zero-order valence-electron chi connectivity index (χ0n) is 13.8. The van der Waals surface area contributed by atoms with Crippen molar-refractivity contribution in [1.82, 2.24) is 15.0 Å². The minimum absolute atomic E-state index is 0.329. The molecule has 1 heterocycles. The lowest BCUT2D eigenvalue weighted by molar-refractivity contribution is 0.111. The predicted octanol–water partition coefficient (Wildman–Crippen LogP) is 4.37. The Labute approximate surface area is 141 Å². The third kappa shape index (κ3) is 3.33. The molecule has 0 aliphatic rings. The summed E-state index contributed by atoms with van der Waals surface area (Å²) < 4.78 is 1.69.